The molecular formula is C22H34OS. The first-order valence-electron chi connectivity index (χ1n) is 10.0. The molecule has 0 N–H and O–H groups in total. The van der Waals surface area contributed by atoms with E-state index in [0.717, 1.165) is 35.4 Å². The molecule has 2 saturated carbocycles. The minimum absolute atomic E-state index is 0.791. The van der Waals surface area contributed by atoms with Crippen molar-refractivity contribution in [3.8, 4) is 5.75 Å². The lowest BCUT2D eigenvalue weighted by Crippen LogP contribution is -2.17. The van der Waals surface area contributed by atoms with E-state index in [1.807, 2.05) is 0 Å². The zero-order valence-corrected chi connectivity index (χ0v) is 16.3. The van der Waals surface area contributed by atoms with Gasteiger partial charge in [-0.05, 0) is 85.0 Å². The van der Waals surface area contributed by atoms with Gasteiger partial charge in [-0.2, -0.15) is 11.8 Å². The molecule has 0 saturated heterocycles. The van der Waals surface area contributed by atoms with Gasteiger partial charge in [-0.25, -0.2) is 0 Å². The Bertz CT molecular complexity index is 469. The smallest absolute Gasteiger partial charge is 0.119 e. The summed E-state index contributed by atoms with van der Waals surface area (Å²) in [6.07, 6.45) is 11.1. The molecule has 0 unspecified atom stereocenters. The van der Waals surface area contributed by atoms with Crippen molar-refractivity contribution in [3.05, 3.63) is 29.8 Å². The van der Waals surface area contributed by atoms with E-state index in [0.29, 0.717) is 0 Å². The van der Waals surface area contributed by atoms with Gasteiger partial charge in [0.2, 0.25) is 0 Å². The molecule has 3 rings (SSSR count). The van der Waals surface area contributed by atoms with Gasteiger partial charge in [-0.1, -0.05) is 38.8 Å². The molecule has 2 aliphatic carbocycles. The van der Waals surface area contributed by atoms with Crippen LogP contribution >= 0.6 is 11.8 Å². The van der Waals surface area contributed by atoms with Crippen LogP contribution in [0.25, 0.3) is 0 Å². The molecule has 2 aliphatic rings. The van der Waals surface area contributed by atoms with Crippen LogP contribution < -0.4 is 4.74 Å². The van der Waals surface area contributed by atoms with E-state index in [9.17, 15) is 0 Å². The predicted molar refractivity (Wildman–Crippen MR) is 106 cm³/mol. The van der Waals surface area contributed by atoms with Crippen LogP contribution in [0.3, 0.4) is 0 Å². The van der Waals surface area contributed by atoms with Crippen molar-refractivity contribution in [3.63, 3.8) is 0 Å². The van der Waals surface area contributed by atoms with Crippen molar-refractivity contribution in [2.75, 3.05) is 12.4 Å². The highest BCUT2D eigenvalue weighted by Crippen LogP contribution is 2.34. The Balaban J connectivity index is 1.32. The molecular weight excluding hydrogens is 312 g/mol. The fraction of sp³-hybridized carbons (Fsp3) is 0.727. The van der Waals surface area contributed by atoms with E-state index < -0.39 is 0 Å². The molecule has 134 valence electrons. The van der Waals surface area contributed by atoms with Crippen molar-refractivity contribution >= 4 is 11.8 Å². The van der Waals surface area contributed by atoms with Gasteiger partial charge in [0, 0.05) is 0 Å². The lowest BCUT2D eigenvalue weighted by atomic mass is 9.80. The lowest BCUT2D eigenvalue weighted by molar-refractivity contribution is 0.280. The molecule has 0 aliphatic heterocycles. The largest absolute Gasteiger partial charge is 0.493 e. The molecule has 1 aromatic carbocycles. The molecule has 0 atom stereocenters. The Labute approximate surface area is 152 Å². The van der Waals surface area contributed by atoms with Gasteiger partial charge in [-0.3, -0.25) is 0 Å². The van der Waals surface area contributed by atoms with Crippen LogP contribution in [0, 0.1) is 17.8 Å². The minimum atomic E-state index is 0.791. The fourth-order valence-electron chi connectivity index (χ4n) is 3.64. The average molecular weight is 347 g/mol. The average Bonchev–Trinajstić information content (AvgIpc) is 3.42. The number of hydrogen-bond donors (Lipinski definition) is 0. The quantitative estimate of drug-likeness (QED) is 0.515. The molecule has 1 nitrogen and oxygen atoms in total. The first-order valence-corrected chi connectivity index (χ1v) is 11.1. The molecule has 0 aromatic heterocycles. The summed E-state index contributed by atoms with van der Waals surface area (Å²) in [6.45, 7) is 5.55. The summed E-state index contributed by atoms with van der Waals surface area (Å²) in [4.78, 5) is 0. The maximum Gasteiger partial charge on any atom is 0.119 e. The number of thioether (sulfide) groups is 1. The third kappa shape index (κ3) is 6.35. The van der Waals surface area contributed by atoms with Crippen LogP contribution in [0.2, 0.25) is 0 Å². The second kappa shape index (κ2) is 9.17. The van der Waals surface area contributed by atoms with Crippen molar-refractivity contribution in [1.82, 2.24) is 0 Å². The maximum absolute atomic E-state index is 5.83. The van der Waals surface area contributed by atoms with Gasteiger partial charge >= 0.3 is 0 Å². The Hall–Kier alpha value is -0.630. The van der Waals surface area contributed by atoms with Crippen LogP contribution in [-0.4, -0.2) is 17.6 Å². The monoisotopic (exact) mass is 346 g/mol. The zero-order valence-electron chi connectivity index (χ0n) is 15.5. The molecule has 24 heavy (non-hydrogen) atoms. The summed E-state index contributed by atoms with van der Waals surface area (Å²) in [7, 11) is 0. The highest BCUT2D eigenvalue weighted by Gasteiger charge is 2.22. The van der Waals surface area contributed by atoms with Crippen molar-refractivity contribution < 1.29 is 4.74 Å². The lowest BCUT2D eigenvalue weighted by Gasteiger charge is -2.28. The number of rotatable bonds is 9. The first kappa shape index (κ1) is 18.2. The van der Waals surface area contributed by atoms with Gasteiger partial charge in [0.25, 0.3) is 0 Å². The van der Waals surface area contributed by atoms with Crippen LogP contribution in [0.5, 0.6) is 5.75 Å². The van der Waals surface area contributed by atoms with Gasteiger partial charge in [0.15, 0.2) is 0 Å². The number of hydrogen-bond acceptors (Lipinski definition) is 2. The van der Waals surface area contributed by atoms with Crippen LogP contribution in [0.4, 0.5) is 0 Å². The Morgan fingerprint density at radius 1 is 0.917 bits per heavy atom. The molecule has 0 amide bonds. The molecule has 0 radical (unpaired) electrons. The van der Waals surface area contributed by atoms with E-state index in [1.54, 1.807) is 0 Å². The first-order chi connectivity index (χ1) is 11.7. The standard InChI is InChI=1S/C22H34OS/c1-17(2)24-16-21-9-5-18(6-10-21)3-4-19-11-13-22(14-12-19)23-15-20-7-8-20/h11-14,17-18,20-21H,3-10,15-16H2,1-2H3. The Morgan fingerprint density at radius 3 is 2.17 bits per heavy atom. The van der Waals surface area contributed by atoms with Crippen molar-refractivity contribution in [1.29, 1.82) is 0 Å². The third-order valence-corrected chi connectivity index (χ3v) is 6.91. The minimum Gasteiger partial charge on any atom is -0.493 e. The van der Waals surface area contributed by atoms with Crippen LogP contribution in [-0.2, 0) is 6.42 Å². The van der Waals surface area contributed by atoms with Gasteiger partial charge in [0.1, 0.15) is 5.75 Å². The molecule has 1 aromatic rings. The Morgan fingerprint density at radius 2 is 1.54 bits per heavy atom. The summed E-state index contributed by atoms with van der Waals surface area (Å²) in [5.74, 6) is 5.20. The van der Waals surface area contributed by atoms with Crippen molar-refractivity contribution in [2.24, 2.45) is 17.8 Å². The van der Waals surface area contributed by atoms with Gasteiger partial charge in [0.05, 0.1) is 6.61 Å². The summed E-state index contributed by atoms with van der Waals surface area (Å²) in [5.41, 5.74) is 1.48. The van der Waals surface area contributed by atoms with Gasteiger partial charge in [-0.15, -0.1) is 0 Å². The van der Waals surface area contributed by atoms with E-state index in [2.05, 4.69) is 49.9 Å². The van der Waals surface area contributed by atoms with Crippen molar-refractivity contribution in [2.45, 2.75) is 70.5 Å². The van der Waals surface area contributed by atoms with Crippen LogP contribution in [0.1, 0.15) is 64.4 Å². The molecule has 0 heterocycles. The van der Waals surface area contributed by atoms with E-state index in [1.165, 1.54) is 62.7 Å². The van der Waals surface area contributed by atoms with E-state index in [-0.39, 0.29) is 0 Å². The highest BCUT2D eigenvalue weighted by molar-refractivity contribution is 7.99. The normalized spacial score (nSPS) is 24.3. The number of aryl methyl sites for hydroxylation is 1. The fourth-order valence-corrected chi connectivity index (χ4v) is 4.63. The highest BCUT2D eigenvalue weighted by atomic mass is 32.2. The summed E-state index contributed by atoms with van der Waals surface area (Å²) in [5, 5.41) is 0.791. The SMILES string of the molecule is CC(C)SCC1CCC(CCc2ccc(OCC3CC3)cc2)CC1. The molecule has 2 fully saturated rings. The maximum atomic E-state index is 5.83. The summed E-state index contributed by atoms with van der Waals surface area (Å²) < 4.78 is 5.83. The molecule has 0 spiro atoms. The third-order valence-electron chi connectivity index (χ3n) is 5.58. The van der Waals surface area contributed by atoms with E-state index >= 15 is 0 Å². The van der Waals surface area contributed by atoms with Gasteiger partial charge < -0.3 is 4.74 Å². The van der Waals surface area contributed by atoms with Crippen LogP contribution in [0.15, 0.2) is 24.3 Å². The second-order valence-corrected chi connectivity index (χ2v) is 9.82. The second-order valence-electron chi connectivity index (χ2n) is 8.21. The number of benzene rings is 1. The summed E-state index contributed by atoms with van der Waals surface area (Å²) in [6, 6.07) is 8.87. The Kier molecular flexibility index (Phi) is 6.95. The molecule has 2 heteroatoms. The summed E-state index contributed by atoms with van der Waals surface area (Å²) >= 11 is 2.15. The molecule has 0 bridgehead atoms. The van der Waals surface area contributed by atoms with E-state index in [4.69, 9.17) is 4.74 Å². The number of ether oxygens (including phenoxy) is 1. The topological polar surface area (TPSA) is 9.23 Å². The predicted octanol–water partition coefficient (Wildman–Crippen LogP) is 6.36. The zero-order chi connectivity index (χ0) is 16.8.